The average Bonchev–Trinajstić information content (AvgIpc) is 2.97. The summed E-state index contributed by atoms with van der Waals surface area (Å²) in [6.45, 7) is 0.854. The van der Waals surface area contributed by atoms with Crippen molar-refractivity contribution in [2.45, 2.75) is 11.3 Å². The number of hydrogen-bond donors (Lipinski definition) is 1. The zero-order valence-electron chi connectivity index (χ0n) is 11.7. The molecular formula is C16H15ClN2O2S. The second kappa shape index (κ2) is 5.76. The quantitative estimate of drug-likeness (QED) is 0.937. The van der Waals surface area contributed by atoms with Gasteiger partial charge < -0.3 is 4.90 Å². The van der Waals surface area contributed by atoms with Gasteiger partial charge in [0.1, 0.15) is 0 Å². The molecule has 0 spiro atoms. The van der Waals surface area contributed by atoms with Crippen molar-refractivity contribution < 1.29 is 8.42 Å². The van der Waals surface area contributed by atoms with E-state index in [0.29, 0.717) is 0 Å². The number of anilines is 1. The SMILES string of the molecule is NS(=O)(=O)c1ccc(N2C=C(c3ccc(Cl)cc3)CC2)cc1. The number of primary sulfonamides is 1. The first-order valence-electron chi connectivity index (χ1n) is 6.80. The highest BCUT2D eigenvalue weighted by atomic mass is 35.5. The molecule has 0 amide bonds. The summed E-state index contributed by atoms with van der Waals surface area (Å²) in [7, 11) is -3.65. The molecule has 0 saturated carbocycles. The van der Waals surface area contributed by atoms with Gasteiger partial charge in [-0.1, -0.05) is 23.7 Å². The van der Waals surface area contributed by atoms with E-state index in [0.717, 1.165) is 29.2 Å². The third kappa shape index (κ3) is 3.16. The van der Waals surface area contributed by atoms with Gasteiger partial charge in [-0.3, -0.25) is 0 Å². The first-order valence-corrected chi connectivity index (χ1v) is 8.72. The zero-order chi connectivity index (χ0) is 15.7. The van der Waals surface area contributed by atoms with Gasteiger partial charge in [0.25, 0.3) is 0 Å². The van der Waals surface area contributed by atoms with Crippen LogP contribution in [0.25, 0.3) is 5.57 Å². The fraction of sp³-hybridized carbons (Fsp3) is 0.125. The highest BCUT2D eigenvalue weighted by molar-refractivity contribution is 7.89. The molecule has 0 aromatic heterocycles. The normalized spacial score (nSPS) is 15.0. The Morgan fingerprint density at radius 1 is 1.00 bits per heavy atom. The molecule has 1 heterocycles. The van der Waals surface area contributed by atoms with Crippen LogP contribution >= 0.6 is 11.6 Å². The van der Waals surface area contributed by atoms with Gasteiger partial charge in [0.05, 0.1) is 4.90 Å². The second-order valence-corrected chi connectivity index (χ2v) is 7.14. The molecule has 3 rings (SSSR count). The Balaban J connectivity index is 1.83. The van der Waals surface area contributed by atoms with Crippen molar-refractivity contribution in [1.82, 2.24) is 0 Å². The predicted molar refractivity (Wildman–Crippen MR) is 89.2 cm³/mol. The van der Waals surface area contributed by atoms with E-state index < -0.39 is 10.0 Å². The maximum absolute atomic E-state index is 11.3. The van der Waals surface area contributed by atoms with Crippen molar-refractivity contribution >= 4 is 32.9 Å². The lowest BCUT2D eigenvalue weighted by Crippen LogP contribution is -2.14. The molecular weight excluding hydrogens is 320 g/mol. The van der Waals surface area contributed by atoms with E-state index >= 15 is 0 Å². The van der Waals surface area contributed by atoms with Gasteiger partial charge in [-0.15, -0.1) is 0 Å². The monoisotopic (exact) mass is 334 g/mol. The molecule has 0 radical (unpaired) electrons. The number of halogens is 1. The summed E-state index contributed by atoms with van der Waals surface area (Å²) in [5.41, 5.74) is 3.32. The van der Waals surface area contributed by atoms with Gasteiger partial charge >= 0.3 is 0 Å². The smallest absolute Gasteiger partial charge is 0.238 e. The van der Waals surface area contributed by atoms with E-state index in [1.807, 2.05) is 24.3 Å². The van der Waals surface area contributed by atoms with Crippen LogP contribution in [-0.2, 0) is 10.0 Å². The van der Waals surface area contributed by atoms with Crippen LogP contribution in [0.15, 0.2) is 59.6 Å². The van der Waals surface area contributed by atoms with Crippen molar-refractivity contribution in [2.75, 3.05) is 11.4 Å². The summed E-state index contributed by atoms with van der Waals surface area (Å²) in [6.07, 6.45) is 3.01. The fourth-order valence-electron chi connectivity index (χ4n) is 2.47. The Morgan fingerprint density at radius 2 is 1.64 bits per heavy atom. The highest BCUT2D eigenvalue weighted by Gasteiger charge is 2.16. The molecule has 0 saturated heterocycles. The summed E-state index contributed by atoms with van der Waals surface area (Å²) in [6, 6.07) is 14.3. The lowest BCUT2D eigenvalue weighted by Gasteiger charge is -2.15. The lowest BCUT2D eigenvalue weighted by molar-refractivity contribution is 0.598. The Labute approximate surface area is 134 Å². The van der Waals surface area contributed by atoms with Crippen LogP contribution in [0.5, 0.6) is 0 Å². The van der Waals surface area contributed by atoms with Crippen LogP contribution in [0.3, 0.4) is 0 Å². The van der Waals surface area contributed by atoms with E-state index in [1.165, 1.54) is 17.7 Å². The van der Waals surface area contributed by atoms with Gasteiger partial charge in [-0.25, -0.2) is 13.6 Å². The van der Waals surface area contributed by atoms with Crippen molar-refractivity contribution in [3.63, 3.8) is 0 Å². The number of sulfonamides is 1. The van der Waals surface area contributed by atoms with E-state index in [4.69, 9.17) is 16.7 Å². The highest BCUT2D eigenvalue weighted by Crippen LogP contribution is 2.29. The van der Waals surface area contributed by atoms with Crippen molar-refractivity contribution in [3.8, 4) is 0 Å². The topological polar surface area (TPSA) is 63.4 Å². The van der Waals surface area contributed by atoms with Gasteiger partial charge in [-0.05, 0) is 54.0 Å². The first-order chi connectivity index (χ1) is 10.4. The van der Waals surface area contributed by atoms with E-state index in [9.17, 15) is 8.42 Å². The lowest BCUT2D eigenvalue weighted by atomic mass is 10.1. The number of hydrogen-bond acceptors (Lipinski definition) is 3. The maximum Gasteiger partial charge on any atom is 0.238 e. The average molecular weight is 335 g/mol. The van der Waals surface area contributed by atoms with Crippen molar-refractivity contribution in [2.24, 2.45) is 5.14 Å². The third-order valence-electron chi connectivity index (χ3n) is 3.65. The molecule has 0 bridgehead atoms. The van der Waals surface area contributed by atoms with Crippen molar-refractivity contribution in [3.05, 3.63) is 65.3 Å². The van der Waals surface area contributed by atoms with Crippen LogP contribution in [0.4, 0.5) is 5.69 Å². The van der Waals surface area contributed by atoms with Crippen LogP contribution in [0.2, 0.25) is 5.02 Å². The molecule has 1 aliphatic heterocycles. The van der Waals surface area contributed by atoms with Crippen LogP contribution in [-0.4, -0.2) is 15.0 Å². The number of nitrogens with two attached hydrogens (primary N) is 1. The molecule has 2 aromatic rings. The third-order valence-corrected chi connectivity index (χ3v) is 4.83. The molecule has 4 nitrogen and oxygen atoms in total. The maximum atomic E-state index is 11.3. The predicted octanol–water partition coefficient (Wildman–Crippen LogP) is 3.24. The Kier molecular flexibility index (Phi) is 3.95. The van der Waals surface area contributed by atoms with Gasteiger partial charge in [0.2, 0.25) is 10.0 Å². The van der Waals surface area contributed by atoms with Crippen molar-refractivity contribution in [1.29, 1.82) is 0 Å². The Bertz CT molecular complexity index is 812. The summed E-state index contributed by atoms with van der Waals surface area (Å²) in [5, 5.41) is 5.83. The molecule has 2 N–H and O–H groups in total. The Morgan fingerprint density at radius 3 is 2.23 bits per heavy atom. The fourth-order valence-corrected chi connectivity index (χ4v) is 3.11. The molecule has 0 fully saturated rings. The van der Waals surface area contributed by atoms with Crippen LogP contribution < -0.4 is 10.0 Å². The zero-order valence-corrected chi connectivity index (χ0v) is 13.3. The minimum atomic E-state index is -3.65. The van der Waals surface area contributed by atoms with Crippen LogP contribution in [0, 0.1) is 0 Å². The molecule has 0 unspecified atom stereocenters. The first kappa shape index (κ1) is 15.1. The van der Waals surface area contributed by atoms with Gasteiger partial charge in [0.15, 0.2) is 0 Å². The minimum absolute atomic E-state index is 0.123. The molecule has 2 aromatic carbocycles. The van der Waals surface area contributed by atoms with E-state index in [1.54, 1.807) is 12.1 Å². The number of nitrogens with zero attached hydrogens (tertiary/aromatic N) is 1. The molecule has 6 heteroatoms. The summed E-state index contributed by atoms with van der Waals surface area (Å²) in [4.78, 5) is 2.22. The largest absolute Gasteiger partial charge is 0.347 e. The summed E-state index contributed by atoms with van der Waals surface area (Å²) in [5.74, 6) is 0. The second-order valence-electron chi connectivity index (χ2n) is 5.14. The van der Waals surface area contributed by atoms with E-state index in [2.05, 4.69) is 11.1 Å². The Hall–Kier alpha value is -1.82. The standard InChI is InChI=1S/C16H15ClN2O2S/c17-14-3-1-12(2-4-14)13-9-10-19(11-13)15-5-7-16(8-6-15)22(18,20)21/h1-8,11H,9-10H2,(H2,18,20,21). The van der Waals surface area contributed by atoms with Gasteiger partial charge in [-0.2, -0.15) is 0 Å². The summed E-state index contributed by atoms with van der Waals surface area (Å²) >= 11 is 5.91. The van der Waals surface area contributed by atoms with E-state index in [-0.39, 0.29) is 4.90 Å². The molecule has 1 aliphatic rings. The number of rotatable bonds is 3. The molecule has 22 heavy (non-hydrogen) atoms. The molecule has 0 aliphatic carbocycles. The summed E-state index contributed by atoms with van der Waals surface area (Å²) < 4.78 is 22.5. The molecule has 0 atom stereocenters. The molecule has 114 valence electrons. The number of benzene rings is 2. The van der Waals surface area contributed by atoms with Gasteiger partial charge in [0, 0.05) is 23.5 Å². The minimum Gasteiger partial charge on any atom is -0.347 e. The van der Waals surface area contributed by atoms with Crippen LogP contribution in [0.1, 0.15) is 12.0 Å².